The van der Waals surface area contributed by atoms with Gasteiger partial charge in [0.15, 0.2) is 0 Å². The lowest BCUT2D eigenvalue weighted by Gasteiger charge is -2.32. The number of hydrogen-bond donors (Lipinski definition) is 1. The van der Waals surface area contributed by atoms with Crippen LogP contribution < -0.4 is 5.69 Å². The Morgan fingerprint density at radius 3 is 2.84 bits per heavy atom. The molecule has 1 aliphatic heterocycles. The summed E-state index contributed by atoms with van der Waals surface area (Å²) in [6, 6.07) is 0. The Morgan fingerprint density at radius 2 is 2.26 bits per heavy atom. The van der Waals surface area contributed by atoms with Gasteiger partial charge in [0.2, 0.25) is 5.89 Å². The van der Waals surface area contributed by atoms with Gasteiger partial charge in [0.25, 0.3) is 0 Å². The van der Waals surface area contributed by atoms with Crippen molar-refractivity contribution >= 4 is 6.09 Å². The number of hydrogen-bond acceptors (Lipinski definition) is 5. The average Bonchev–Trinajstić information content (AvgIpc) is 2.74. The van der Waals surface area contributed by atoms with Crippen molar-refractivity contribution in [1.82, 2.24) is 15.0 Å². The quantitative estimate of drug-likeness (QED) is 0.834. The van der Waals surface area contributed by atoms with Crippen LogP contribution >= 0.6 is 0 Å². The fraction of sp³-hybridized carbons (Fsp3) is 0.750. The first-order valence-corrected chi connectivity index (χ1v) is 6.38. The molecule has 0 radical (unpaired) electrons. The molecule has 1 unspecified atom stereocenters. The standard InChI is InChI=1S/C12H19N3O4/c1-12(2,3)18-11(17)15-6-4-5-8(7-15)9-13-10(16)14-19-9/h8H,4-7H2,1-3H3,(H,14,16). The lowest BCUT2D eigenvalue weighted by atomic mass is 9.98. The number of rotatable bonds is 1. The lowest BCUT2D eigenvalue weighted by molar-refractivity contribution is 0.0189. The molecule has 2 rings (SSSR count). The molecule has 1 amide bonds. The number of likely N-dealkylation sites (tertiary alicyclic amines) is 1. The van der Waals surface area contributed by atoms with Crippen LogP contribution in [-0.4, -0.2) is 39.8 Å². The van der Waals surface area contributed by atoms with E-state index in [4.69, 9.17) is 9.26 Å². The molecule has 106 valence electrons. The van der Waals surface area contributed by atoms with Gasteiger partial charge in [-0.15, -0.1) is 0 Å². The molecule has 7 nitrogen and oxygen atoms in total. The molecular formula is C12H19N3O4. The highest BCUT2D eigenvalue weighted by Crippen LogP contribution is 2.25. The zero-order valence-corrected chi connectivity index (χ0v) is 11.4. The number of nitrogens with zero attached hydrogens (tertiary/aromatic N) is 2. The Balaban J connectivity index is 2.01. The summed E-state index contributed by atoms with van der Waals surface area (Å²) in [5, 5.41) is 2.17. The molecule has 0 aliphatic carbocycles. The fourth-order valence-corrected chi connectivity index (χ4v) is 2.09. The van der Waals surface area contributed by atoms with Gasteiger partial charge in [-0.25, -0.2) is 9.59 Å². The Morgan fingerprint density at radius 1 is 1.53 bits per heavy atom. The largest absolute Gasteiger partial charge is 0.444 e. The molecule has 1 N–H and O–H groups in total. The summed E-state index contributed by atoms with van der Waals surface area (Å²) in [5.74, 6) is 0.304. The zero-order valence-electron chi connectivity index (χ0n) is 11.4. The first kappa shape index (κ1) is 13.6. The minimum atomic E-state index is -0.511. The van der Waals surface area contributed by atoms with Crippen LogP contribution in [0.5, 0.6) is 0 Å². The highest BCUT2D eigenvalue weighted by molar-refractivity contribution is 5.68. The average molecular weight is 269 g/mol. The van der Waals surface area contributed by atoms with Crippen molar-refractivity contribution in [2.24, 2.45) is 0 Å². The molecular weight excluding hydrogens is 250 g/mol. The smallest absolute Gasteiger partial charge is 0.410 e. The highest BCUT2D eigenvalue weighted by atomic mass is 16.6. The number of carbonyl (C=O) groups is 1. The van der Waals surface area contributed by atoms with Crippen LogP contribution in [0.4, 0.5) is 4.79 Å². The third-order valence-electron chi connectivity index (χ3n) is 2.88. The number of aromatic nitrogens is 2. The second kappa shape index (κ2) is 5.07. The maximum Gasteiger partial charge on any atom is 0.410 e. The van der Waals surface area contributed by atoms with E-state index in [2.05, 4.69) is 10.1 Å². The summed E-state index contributed by atoms with van der Waals surface area (Å²) in [6.07, 6.45) is 1.34. The van der Waals surface area contributed by atoms with E-state index in [1.54, 1.807) is 4.90 Å². The molecule has 1 aliphatic rings. The van der Waals surface area contributed by atoms with Crippen molar-refractivity contribution in [1.29, 1.82) is 0 Å². The summed E-state index contributed by atoms with van der Waals surface area (Å²) in [5.41, 5.74) is -1.01. The van der Waals surface area contributed by atoms with Crippen molar-refractivity contribution < 1.29 is 14.1 Å². The Kier molecular flexibility index (Phi) is 3.64. The molecule has 0 bridgehead atoms. The number of carbonyl (C=O) groups excluding carboxylic acids is 1. The molecule has 7 heteroatoms. The van der Waals surface area contributed by atoms with Gasteiger partial charge in [0.05, 0.1) is 5.92 Å². The lowest BCUT2D eigenvalue weighted by Crippen LogP contribution is -2.42. The van der Waals surface area contributed by atoms with Crippen LogP contribution in [-0.2, 0) is 4.74 Å². The van der Waals surface area contributed by atoms with Crippen molar-refractivity contribution in [2.45, 2.75) is 45.1 Å². The van der Waals surface area contributed by atoms with E-state index in [0.29, 0.717) is 19.0 Å². The molecule has 2 heterocycles. The van der Waals surface area contributed by atoms with Gasteiger partial charge in [-0.2, -0.15) is 10.1 Å². The number of H-pyrrole nitrogens is 1. The number of piperidine rings is 1. The number of nitrogens with one attached hydrogen (secondary N) is 1. The molecule has 1 saturated heterocycles. The predicted octanol–water partition coefficient (Wildman–Crippen LogP) is 1.48. The van der Waals surface area contributed by atoms with Crippen molar-refractivity contribution in [3.8, 4) is 0 Å². The van der Waals surface area contributed by atoms with Gasteiger partial charge in [0, 0.05) is 13.1 Å². The summed E-state index contributed by atoms with van der Waals surface area (Å²) in [7, 11) is 0. The Hall–Kier alpha value is -1.79. The summed E-state index contributed by atoms with van der Waals surface area (Å²) >= 11 is 0. The minimum absolute atomic E-state index is 0.0554. The summed E-state index contributed by atoms with van der Waals surface area (Å²) in [4.78, 5) is 28.3. The summed E-state index contributed by atoms with van der Waals surface area (Å²) in [6.45, 7) is 6.61. The van der Waals surface area contributed by atoms with Crippen molar-refractivity contribution in [3.05, 3.63) is 16.4 Å². The van der Waals surface area contributed by atoms with E-state index < -0.39 is 11.3 Å². The SMILES string of the molecule is CC(C)(C)OC(=O)N1CCCC(c2nc(=O)[nH]o2)C1. The first-order chi connectivity index (χ1) is 8.85. The van der Waals surface area contributed by atoms with E-state index in [9.17, 15) is 9.59 Å². The normalized spacial score (nSPS) is 20.4. The number of aromatic amines is 1. The molecule has 1 fully saturated rings. The van der Waals surface area contributed by atoms with Crippen LogP contribution in [0.1, 0.15) is 45.4 Å². The molecule has 1 aromatic heterocycles. The van der Waals surface area contributed by atoms with Crippen LogP contribution in [0.3, 0.4) is 0 Å². The first-order valence-electron chi connectivity index (χ1n) is 6.38. The number of amides is 1. The van der Waals surface area contributed by atoms with E-state index in [1.165, 1.54) is 0 Å². The van der Waals surface area contributed by atoms with Gasteiger partial charge in [-0.1, -0.05) is 0 Å². The fourth-order valence-electron chi connectivity index (χ4n) is 2.09. The molecule has 0 aromatic carbocycles. The topological polar surface area (TPSA) is 88.4 Å². The third kappa shape index (κ3) is 3.59. The predicted molar refractivity (Wildman–Crippen MR) is 66.9 cm³/mol. The van der Waals surface area contributed by atoms with Crippen molar-refractivity contribution in [3.63, 3.8) is 0 Å². The second-order valence-corrected chi connectivity index (χ2v) is 5.72. The van der Waals surface area contributed by atoms with Crippen LogP contribution in [0, 0.1) is 0 Å². The molecule has 1 atom stereocenters. The van der Waals surface area contributed by atoms with Crippen molar-refractivity contribution in [2.75, 3.05) is 13.1 Å². The molecule has 19 heavy (non-hydrogen) atoms. The summed E-state index contributed by atoms with van der Waals surface area (Å²) < 4.78 is 10.3. The third-order valence-corrected chi connectivity index (χ3v) is 2.88. The van der Waals surface area contributed by atoms with E-state index in [-0.39, 0.29) is 12.0 Å². The van der Waals surface area contributed by atoms with Gasteiger partial charge in [0.1, 0.15) is 5.60 Å². The Bertz CT molecular complexity index is 500. The molecule has 0 saturated carbocycles. The molecule has 1 aromatic rings. The van der Waals surface area contributed by atoms with E-state index in [0.717, 1.165) is 12.8 Å². The van der Waals surface area contributed by atoms with Gasteiger partial charge < -0.3 is 14.2 Å². The number of ether oxygens (including phenoxy) is 1. The molecule has 0 spiro atoms. The van der Waals surface area contributed by atoms with Crippen LogP contribution in [0.15, 0.2) is 9.32 Å². The van der Waals surface area contributed by atoms with E-state index >= 15 is 0 Å². The van der Waals surface area contributed by atoms with Gasteiger partial charge in [-0.3, -0.25) is 0 Å². The second-order valence-electron chi connectivity index (χ2n) is 5.72. The monoisotopic (exact) mass is 269 g/mol. The highest BCUT2D eigenvalue weighted by Gasteiger charge is 2.30. The van der Waals surface area contributed by atoms with E-state index in [1.807, 2.05) is 20.8 Å². The zero-order chi connectivity index (χ0) is 14.0. The maximum absolute atomic E-state index is 12.0. The Labute approximate surface area is 110 Å². The van der Waals surface area contributed by atoms with Crippen LogP contribution in [0.2, 0.25) is 0 Å². The van der Waals surface area contributed by atoms with Gasteiger partial charge in [-0.05, 0) is 33.6 Å². The van der Waals surface area contributed by atoms with Crippen LogP contribution in [0.25, 0.3) is 0 Å². The van der Waals surface area contributed by atoms with Gasteiger partial charge >= 0.3 is 11.8 Å². The maximum atomic E-state index is 12.0. The minimum Gasteiger partial charge on any atom is -0.444 e.